The fraction of sp³-hybridized carbons (Fsp3) is 0.778. The summed E-state index contributed by atoms with van der Waals surface area (Å²) in [5.74, 6) is 0. The van der Waals surface area contributed by atoms with Gasteiger partial charge >= 0.3 is 0 Å². The molecule has 0 spiro atoms. The predicted octanol–water partition coefficient (Wildman–Crippen LogP) is 1.29. The van der Waals surface area contributed by atoms with Crippen molar-refractivity contribution in [1.29, 1.82) is 0 Å². The van der Waals surface area contributed by atoms with Crippen molar-refractivity contribution >= 4 is 0 Å². The molecule has 0 aliphatic rings. The van der Waals surface area contributed by atoms with E-state index in [1.807, 2.05) is 6.08 Å². The van der Waals surface area contributed by atoms with Crippen LogP contribution in [0, 0.1) is 0 Å². The van der Waals surface area contributed by atoms with Crippen molar-refractivity contribution in [2.75, 3.05) is 14.2 Å². The fourth-order valence-electron chi connectivity index (χ4n) is 1.08. The smallest absolute Gasteiger partial charge is 0.171 e. The molecule has 0 aromatic heterocycles. The normalized spacial score (nSPS) is 13.3. The zero-order valence-corrected chi connectivity index (χ0v) is 7.95. The van der Waals surface area contributed by atoms with Crippen LogP contribution >= 0.6 is 0 Å². The fourth-order valence-corrected chi connectivity index (χ4v) is 1.08. The zero-order valence-electron chi connectivity index (χ0n) is 7.95. The van der Waals surface area contributed by atoms with E-state index in [9.17, 15) is 0 Å². The van der Waals surface area contributed by atoms with E-state index >= 15 is 0 Å². The van der Waals surface area contributed by atoms with Crippen LogP contribution in [0.2, 0.25) is 0 Å². The number of hydrogen-bond acceptors (Lipinski definition) is 3. The van der Waals surface area contributed by atoms with Gasteiger partial charge in [-0.3, -0.25) is 0 Å². The molecule has 0 aliphatic carbocycles. The van der Waals surface area contributed by atoms with Gasteiger partial charge in [-0.05, 0) is 19.3 Å². The molecule has 0 saturated heterocycles. The second-order valence-corrected chi connectivity index (χ2v) is 2.72. The molecular weight excluding hydrogens is 154 g/mol. The first kappa shape index (κ1) is 11.6. The van der Waals surface area contributed by atoms with E-state index in [1.165, 1.54) is 0 Å². The molecule has 0 aromatic rings. The van der Waals surface area contributed by atoms with Crippen LogP contribution in [0.4, 0.5) is 0 Å². The summed E-state index contributed by atoms with van der Waals surface area (Å²) in [6.45, 7) is 3.64. The molecule has 1 unspecified atom stereocenters. The van der Waals surface area contributed by atoms with Crippen LogP contribution in [0.1, 0.15) is 19.3 Å². The number of nitrogens with two attached hydrogens (primary N) is 1. The molecule has 0 amide bonds. The molecular formula is C9H19NO2. The Morgan fingerprint density at radius 2 is 2.00 bits per heavy atom. The second kappa shape index (κ2) is 7.28. The molecule has 0 fully saturated rings. The third kappa shape index (κ3) is 4.49. The van der Waals surface area contributed by atoms with Gasteiger partial charge in [0.1, 0.15) is 0 Å². The third-order valence-electron chi connectivity index (χ3n) is 1.76. The molecule has 12 heavy (non-hydrogen) atoms. The van der Waals surface area contributed by atoms with Crippen LogP contribution in [-0.4, -0.2) is 26.6 Å². The topological polar surface area (TPSA) is 44.5 Å². The summed E-state index contributed by atoms with van der Waals surface area (Å²) < 4.78 is 10.0. The van der Waals surface area contributed by atoms with Crippen molar-refractivity contribution in [2.24, 2.45) is 5.73 Å². The standard InChI is InChI=1S/C9H19NO2/c1-4-5-6-7-8(10)9(11-2)12-3/h4,8-9H,1,5-7,10H2,2-3H3. The number of unbranched alkanes of at least 4 members (excludes halogenated alkanes) is 1. The first-order valence-electron chi connectivity index (χ1n) is 4.18. The van der Waals surface area contributed by atoms with Crippen molar-refractivity contribution in [2.45, 2.75) is 31.6 Å². The van der Waals surface area contributed by atoms with Crippen LogP contribution < -0.4 is 5.73 Å². The number of rotatable bonds is 7. The van der Waals surface area contributed by atoms with Crippen molar-refractivity contribution in [1.82, 2.24) is 0 Å². The van der Waals surface area contributed by atoms with Crippen molar-refractivity contribution in [3.63, 3.8) is 0 Å². The lowest BCUT2D eigenvalue weighted by Gasteiger charge is -2.20. The van der Waals surface area contributed by atoms with Gasteiger partial charge in [-0.25, -0.2) is 0 Å². The largest absolute Gasteiger partial charge is 0.354 e. The van der Waals surface area contributed by atoms with E-state index in [0.717, 1.165) is 19.3 Å². The van der Waals surface area contributed by atoms with Gasteiger partial charge in [0.15, 0.2) is 6.29 Å². The van der Waals surface area contributed by atoms with Gasteiger partial charge in [0.05, 0.1) is 6.04 Å². The van der Waals surface area contributed by atoms with Gasteiger partial charge < -0.3 is 15.2 Å². The van der Waals surface area contributed by atoms with E-state index < -0.39 is 0 Å². The average molecular weight is 173 g/mol. The predicted molar refractivity (Wildman–Crippen MR) is 49.8 cm³/mol. The highest BCUT2D eigenvalue weighted by Crippen LogP contribution is 2.05. The number of allylic oxidation sites excluding steroid dienone is 1. The molecule has 3 heteroatoms. The van der Waals surface area contributed by atoms with Gasteiger partial charge in [-0.1, -0.05) is 6.08 Å². The van der Waals surface area contributed by atoms with Crippen LogP contribution in [0.3, 0.4) is 0 Å². The van der Waals surface area contributed by atoms with Gasteiger partial charge in [0, 0.05) is 14.2 Å². The Morgan fingerprint density at radius 3 is 2.42 bits per heavy atom. The molecule has 3 nitrogen and oxygen atoms in total. The zero-order chi connectivity index (χ0) is 9.40. The van der Waals surface area contributed by atoms with Crippen LogP contribution in [0.25, 0.3) is 0 Å². The van der Waals surface area contributed by atoms with Crippen molar-refractivity contribution < 1.29 is 9.47 Å². The molecule has 0 heterocycles. The number of methoxy groups -OCH3 is 2. The van der Waals surface area contributed by atoms with E-state index in [2.05, 4.69) is 6.58 Å². The average Bonchev–Trinajstić information content (AvgIpc) is 2.07. The molecule has 0 radical (unpaired) electrons. The first-order valence-corrected chi connectivity index (χ1v) is 4.18. The van der Waals surface area contributed by atoms with Gasteiger partial charge in [-0.15, -0.1) is 6.58 Å². The summed E-state index contributed by atoms with van der Waals surface area (Å²) in [4.78, 5) is 0. The summed E-state index contributed by atoms with van der Waals surface area (Å²) in [5.41, 5.74) is 5.80. The number of ether oxygens (including phenoxy) is 2. The highest BCUT2D eigenvalue weighted by Gasteiger charge is 2.14. The molecule has 0 bridgehead atoms. The Hall–Kier alpha value is -0.380. The van der Waals surface area contributed by atoms with Crippen LogP contribution in [0.5, 0.6) is 0 Å². The molecule has 0 aliphatic heterocycles. The third-order valence-corrected chi connectivity index (χ3v) is 1.76. The van der Waals surface area contributed by atoms with Crippen LogP contribution in [0.15, 0.2) is 12.7 Å². The highest BCUT2D eigenvalue weighted by molar-refractivity contribution is 4.70. The van der Waals surface area contributed by atoms with Crippen molar-refractivity contribution in [3.8, 4) is 0 Å². The summed E-state index contributed by atoms with van der Waals surface area (Å²) in [5, 5.41) is 0. The van der Waals surface area contributed by atoms with E-state index in [0.29, 0.717) is 0 Å². The van der Waals surface area contributed by atoms with E-state index in [4.69, 9.17) is 15.2 Å². The van der Waals surface area contributed by atoms with E-state index in [1.54, 1.807) is 14.2 Å². The Labute approximate surface area is 74.5 Å². The lowest BCUT2D eigenvalue weighted by atomic mass is 10.1. The molecule has 0 rings (SSSR count). The summed E-state index contributed by atoms with van der Waals surface area (Å²) in [7, 11) is 3.20. The Balaban J connectivity index is 3.53. The summed E-state index contributed by atoms with van der Waals surface area (Å²) in [6.07, 6.45) is 4.54. The Morgan fingerprint density at radius 1 is 1.42 bits per heavy atom. The maximum atomic E-state index is 5.80. The Bertz CT molecular complexity index is 113. The van der Waals surface area contributed by atoms with Gasteiger partial charge in [-0.2, -0.15) is 0 Å². The van der Waals surface area contributed by atoms with Crippen molar-refractivity contribution in [3.05, 3.63) is 12.7 Å². The summed E-state index contributed by atoms with van der Waals surface area (Å²) in [6, 6.07) is -0.0417. The lowest BCUT2D eigenvalue weighted by Crippen LogP contribution is -2.37. The number of hydrogen-bond donors (Lipinski definition) is 1. The monoisotopic (exact) mass is 173 g/mol. The summed E-state index contributed by atoms with van der Waals surface area (Å²) >= 11 is 0. The molecule has 1 atom stereocenters. The maximum Gasteiger partial charge on any atom is 0.171 e. The molecule has 2 N–H and O–H groups in total. The second-order valence-electron chi connectivity index (χ2n) is 2.72. The Kier molecular flexibility index (Phi) is 7.05. The molecule has 72 valence electrons. The quantitative estimate of drug-likeness (QED) is 0.358. The van der Waals surface area contributed by atoms with E-state index in [-0.39, 0.29) is 12.3 Å². The lowest BCUT2D eigenvalue weighted by molar-refractivity contribution is -0.117. The SMILES string of the molecule is C=CCCCC(N)C(OC)OC. The molecule has 0 aromatic carbocycles. The highest BCUT2D eigenvalue weighted by atomic mass is 16.7. The first-order chi connectivity index (χ1) is 5.76. The van der Waals surface area contributed by atoms with Gasteiger partial charge in [0.2, 0.25) is 0 Å². The minimum atomic E-state index is -0.283. The van der Waals surface area contributed by atoms with Crippen LogP contribution in [-0.2, 0) is 9.47 Å². The van der Waals surface area contributed by atoms with Gasteiger partial charge in [0.25, 0.3) is 0 Å². The minimum absolute atomic E-state index is 0.0417. The minimum Gasteiger partial charge on any atom is -0.354 e. The molecule has 0 saturated carbocycles. The maximum absolute atomic E-state index is 5.80.